The molecule has 0 fully saturated rings. The number of hydrogen-bond acceptors (Lipinski definition) is 8. The smallest absolute Gasteiger partial charge is 0.417 e. The highest BCUT2D eigenvalue weighted by atomic mass is 35.5. The molecule has 0 aliphatic heterocycles. The molecule has 0 spiro atoms. The van der Waals surface area contributed by atoms with E-state index in [-0.39, 0.29) is 5.82 Å². The van der Waals surface area contributed by atoms with E-state index < -0.39 is 23.4 Å². The first-order valence-corrected chi connectivity index (χ1v) is 13.3. The molecule has 5 aromatic heterocycles. The molecule has 0 aliphatic carbocycles. The van der Waals surface area contributed by atoms with Crippen molar-refractivity contribution in [2.45, 2.75) is 32.5 Å². The molecule has 5 heterocycles. The summed E-state index contributed by atoms with van der Waals surface area (Å²) in [5, 5.41) is 7.14. The van der Waals surface area contributed by atoms with E-state index in [0.29, 0.717) is 44.0 Å². The van der Waals surface area contributed by atoms with Crippen LogP contribution in [0.1, 0.15) is 26.3 Å². The van der Waals surface area contributed by atoms with Gasteiger partial charge in [-0.15, -0.1) is 0 Å². The Balaban J connectivity index is 0.000000239. The van der Waals surface area contributed by atoms with E-state index in [9.17, 15) is 18.0 Å². The molecule has 0 bridgehead atoms. The van der Waals surface area contributed by atoms with Crippen molar-refractivity contribution in [3.8, 4) is 11.4 Å². The molecule has 0 unspecified atom stereocenters. The first-order chi connectivity index (χ1) is 20.3. The highest BCUT2D eigenvalue weighted by molar-refractivity contribution is 6.33. The largest absolute Gasteiger partial charge is 0.444 e. The van der Waals surface area contributed by atoms with Crippen molar-refractivity contribution in [1.82, 2.24) is 24.9 Å². The second-order valence-corrected chi connectivity index (χ2v) is 10.6. The highest BCUT2D eigenvalue weighted by Gasteiger charge is 2.30. The number of carbonyl (C=O) groups excluding carboxylic acids is 1. The van der Waals surface area contributed by atoms with Crippen molar-refractivity contribution < 1.29 is 22.7 Å². The van der Waals surface area contributed by atoms with Crippen molar-refractivity contribution in [3.63, 3.8) is 0 Å². The Morgan fingerprint density at radius 1 is 0.860 bits per heavy atom. The summed E-state index contributed by atoms with van der Waals surface area (Å²) in [7, 11) is 0. The monoisotopic (exact) mass is 629 g/mol. The molecule has 5 rings (SSSR count). The van der Waals surface area contributed by atoms with Gasteiger partial charge in [0, 0.05) is 35.2 Å². The molecule has 0 radical (unpaired) electrons. The zero-order valence-electron chi connectivity index (χ0n) is 22.9. The number of alkyl halides is 3. The summed E-state index contributed by atoms with van der Waals surface area (Å²) < 4.78 is 43.1. The Morgan fingerprint density at radius 2 is 1.63 bits per heavy atom. The van der Waals surface area contributed by atoms with Crippen LogP contribution in [-0.4, -0.2) is 36.6 Å². The highest BCUT2D eigenvalue weighted by Crippen LogP contribution is 2.31. The fourth-order valence-corrected chi connectivity index (χ4v) is 3.88. The number of rotatable bonds is 4. The minimum Gasteiger partial charge on any atom is -0.444 e. The standard InChI is InChI=1S/C19H11ClF3N5.C10H13ClN2O2/c20-13-2-1-8-24-17(13)15-5-4-12-14(7-9-25-18(12)28-15)27-16-6-3-11(10-26-16)19(21,22)23;1-10(2,3)15-9(14)13-8-6-7(11)4-5-12-8/h1-10H,(H,25,26,27,28);4-6H,1-3H3,(H,12,13,14). The molecule has 0 saturated carbocycles. The minimum atomic E-state index is -4.43. The third kappa shape index (κ3) is 8.97. The van der Waals surface area contributed by atoms with Crippen LogP contribution >= 0.6 is 23.2 Å². The van der Waals surface area contributed by atoms with E-state index >= 15 is 0 Å². The summed E-state index contributed by atoms with van der Waals surface area (Å²) in [4.78, 5) is 32.0. The van der Waals surface area contributed by atoms with Gasteiger partial charge < -0.3 is 10.1 Å². The third-order valence-corrected chi connectivity index (χ3v) is 5.85. The van der Waals surface area contributed by atoms with Crippen LogP contribution in [0.2, 0.25) is 10.0 Å². The number of halogens is 5. The number of anilines is 3. The Kier molecular flexibility index (Phi) is 9.62. The lowest BCUT2D eigenvalue weighted by Crippen LogP contribution is -2.27. The lowest BCUT2D eigenvalue weighted by atomic mass is 10.2. The van der Waals surface area contributed by atoms with Crippen molar-refractivity contribution in [3.05, 3.63) is 95.0 Å². The first kappa shape index (κ1) is 31.4. The van der Waals surface area contributed by atoms with Crippen molar-refractivity contribution in [2.75, 3.05) is 10.6 Å². The van der Waals surface area contributed by atoms with E-state index in [2.05, 4.69) is 35.6 Å². The van der Waals surface area contributed by atoms with Crippen molar-refractivity contribution in [1.29, 1.82) is 0 Å². The number of pyridine rings is 5. The van der Waals surface area contributed by atoms with Crippen LogP contribution in [0, 0.1) is 0 Å². The average Bonchev–Trinajstić information content (AvgIpc) is 2.92. The van der Waals surface area contributed by atoms with Gasteiger partial charge in [0.15, 0.2) is 5.65 Å². The number of aromatic nitrogens is 5. The average molecular weight is 630 g/mol. The van der Waals surface area contributed by atoms with Gasteiger partial charge in [0.05, 0.1) is 22.0 Å². The quantitative estimate of drug-likeness (QED) is 0.203. The zero-order chi connectivity index (χ0) is 31.2. The fourth-order valence-electron chi connectivity index (χ4n) is 3.50. The number of nitrogens with zero attached hydrogens (tertiary/aromatic N) is 5. The summed E-state index contributed by atoms with van der Waals surface area (Å²) >= 11 is 11.9. The second kappa shape index (κ2) is 13.2. The predicted octanol–water partition coefficient (Wildman–Crippen LogP) is 8.58. The molecule has 9 nitrogen and oxygen atoms in total. The van der Waals surface area contributed by atoms with Gasteiger partial charge in [-0.1, -0.05) is 23.2 Å². The van der Waals surface area contributed by atoms with Gasteiger partial charge in [0.1, 0.15) is 22.9 Å². The lowest BCUT2D eigenvalue weighted by Gasteiger charge is -2.19. The number of nitrogens with one attached hydrogen (secondary N) is 2. The van der Waals surface area contributed by atoms with Gasteiger partial charge in [-0.05, 0) is 75.4 Å². The van der Waals surface area contributed by atoms with E-state index in [0.717, 1.165) is 12.3 Å². The van der Waals surface area contributed by atoms with E-state index in [4.69, 9.17) is 27.9 Å². The molecule has 222 valence electrons. The maximum atomic E-state index is 12.7. The van der Waals surface area contributed by atoms with E-state index in [1.54, 1.807) is 75.6 Å². The second-order valence-electron chi connectivity index (χ2n) is 9.80. The van der Waals surface area contributed by atoms with Crippen LogP contribution in [-0.2, 0) is 10.9 Å². The number of hydrogen-bond donors (Lipinski definition) is 2. The zero-order valence-corrected chi connectivity index (χ0v) is 24.5. The molecule has 2 N–H and O–H groups in total. The molecule has 1 amide bonds. The van der Waals surface area contributed by atoms with Gasteiger partial charge >= 0.3 is 12.3 Å². The predicted molar refractivity (Wildman–Crippen MR) is 159 cm³/mol. The number of ether oxygens (including phenoxy) is 1. The lowest BCUT2D eigenvalue weighted by molar-refractivity contribution is -0.137. The maximum Gasteiger partial charge on any atom is 0.417 e. The van der Waals surface area contributed by atoms with E-state index in [1.807, 2.05) is 0 Å². The van der Waals surface area contributed by atoms with Gasteiger partial charge in [0.25, 0.3) is 0 Å². The van der Waals surface area contributed by atoms with Crippen LogP contribution in [0.25, 0.3) is 22.4 Å². The summed E-state index contributed by atoms with van der Waals surface area (Å²) in [5.74, 6) is 0.647. The Hall–Kier alpha value is -4.55. The maximum absolute atomic E-state index is 12.7. The van der Waals surface area contributed by atoms with Gasteiger partial charge in [0.2, 0.25) is 0 Å². The van der Waals surface area contributed by atoms with Gasteiger partial charge in [-0.25, -0.2) is 24.7 Å². The molecule has 14 heteroatoms. The van der Waals surface area contributed by atoms with Crippen LogP contribution in [0.15, 0.2) is 79.4 Å². The normalized spacial score (nSPS) is 11.3. The van der Waals surface area contributed by atoms with Crippen LogP contribution in [0.5, 0.6) is 0 Å². The Bertz CT molecular complexity index is 1730. The number of fused-ring (bicyclic) bond motifs is 1. The molecule has 0 atom stereocenters. The molecule has 0 aromatic carbocycles. The molecular formula is C29H24Cl2F3N7O2. The van der Waals surface area contributed by atoms with Crippen LogP contribution in [0.3, 0.4) is 0 Å². The summed E-state index contributed by atoms with van der Waals surface area (Å²) in [6.07, 6.45) is 0.486. The summed E-state index contributed by atoms with van der Waals surface area (Å²) in [6, 6.07) is 14.1. The third-order valence-electron chi connectivity index (χ3n) is 5.31. The Morgan fingerprint density at radius 3 is 2.28 bits per heavy atom. The van der Waals surface area contributed by atoms with E-state index in [1.165, 1.54) is 12.3 Å². The number of amides is 1. The fraction of sp³-hybridized carbons (Fsp3) is 0.172. The summed E-state index contributed by atoms with van der Waals surface area (Å²) in [5.41, 5.74) is 0.824. The topological polar surface area (TPSA) is 115 Å². The Labute approximate surface area is 254 Å². The molecule has 0 aliphatic rings. The van der Waals surface area contributed by atoms with Crippen molar-refractivity contribution >= 4 is 57.7 Å². The number of carbonyl (C=O) groups is 1. The molecule has 5 aromatic rings. The van der Waals surface area contributed by atoms with Crippen LogP contribution < -0.4 is 10.6 Å². The van der Waals surface area contributed by atoms with Gasteiger partial charge in [-0.3, -0.25) is 10.3 Å². The van der Waals surface area contributed by atoms with Crippen LogP contribution in [0.4, 0.5) is 35.3 Å². The minimum absolute atomic E-state index is 0.275. The van der Waals surface area contributed by atoms with Gasteiger partial charge in [-0.2, -0.15) is 13.2 Å². The summed E-state index contributed by atoms with van der Waals surface area (Å²) in [6.45, 7) is 5.37. The van der Waals surface area contributed by atoms with Crippen molar-refractivity contribution in [2.24, 2.45) is 0 Å². The first-order valence-electron chi connectivity index (χ1n) is 12.6. The molecular weight excluding hydrogens is 606 g/mol. The molecule has 0 saturated heterocycles. The SMILES string of the molecule is CC(C)(C)OC(=O)Nc1cc(Cl)ccn1.FC(F)(F)c1ccc(Nc2ccnc3nc(-c4ncccc4Cl)ccc23)nc1. The molecule has 43 heavy (non-hydrogen) atoms.